The fourth-order valence-corrected chi connectivity index (χ4v) is 4.21. The summed E-state index contributed by atoms with van der Waals surface area (Å²) in [4.78, 5) is 0. The second kappa shape index (κ2) is 6.91. The summed E-state index contributed by atoms with van der Waals surface area (Å²) in [6.07, 6.45) is 6.03. The molecule has 0 bridgehead atoms. The molecule has 3 rings (SSSR count). The zero-order chi connectivity index (χ0) is 14.7. The Morgan fingerprint density at radius 1 is 1.00 bits per heavy atom. The van der Waals surface area contributed by atoms with Gasteiger partial charge in [0.15, 0.2) is 0 Å². The minimum atomic E-state index is -0.624. The highest BCUT2D eigenvalue weighted by atomic mass is 16.3. The standard InChI is InChI=1S/C18H27NO2/c20-16-11-15(14-9-5-2-6-10-14)17(18(16)21)19-12-13-7-3-1-4-8-13/h1,3-4,7-8,14-21H,2,5-6,9-12H2/t15-,16-,17-,18-/m1/s1. The lowest BCUT2D eigenvalue weighted by molar-refractivity contribution is 0.0287. The first-order valence-corrected chi connectivity index (χ1v) is 8.39. The van der Waals surface area contributed by atoms with Crippen LogP contribution in [-0.4, -0.2) is 28.5 Å². The van der Waals surface area contributed by atoms with Crippen molar-refractivity contribution in [3.8, 4) is 0 Å². The predicted molar refractivity (Wildman–Crippen MR) is 83.8 cm³/mol. The molecule has 4 atom stereocenters. The maximum absolute atomic E-state index is 10.3. The highest BCUT2D eigenvalue weighted by Crippen LogP contribution is 2.39. The van der Waals surface area contributed by atoms with Crippen LogP contribution in [0.15, 0.2) is 30.3 Å². The zero-order valence-electron chi connectivity index (χ0n) is 12.6. The molecule has 1 aromatic carbocycles. The van der Waals surface area contributed by atoms with Crippen LogP contribution in [0.25, 0.3) is 0 Å². The summed E-state index contributed by atoms with van der Waals surface area (Å²) in [6.45, 7) is 0.762. The molecule has 3 nitrogen and oxygen atoms in total. The Labute approximate surface area is 127 Å². The van der Waals surface area contributed by atoms with Gasteiger partial charge in [-0.25, -0.2) is 0 Å². The molecular weight excluding hydrogens is 262 g/mol. The second-order valence-corrected chi connectivity index (χ2v) is 6.75. The highest BCUT2D eigenvalue weighted by molar-refractivity contribution is 5.15. The Hall–Kier alpha value is -0.900. The van der Waals surface area contributed by atoms with E-state index < -0.39 is 12.2 Å². The Kier molecular flexibility index (Phi) is 4.94. The Morgan fingerprint density at radius 2 is 1.71 bits per heavy atom. The number of aliphatic hydroxyl groups is 2. The Balaban J connectivity index is 1.64. The summed E-state index contributed by atoms with van der Waals surface area (Å²) >= 11 is 0. The van der Waals surface area contributed by atoms with Crippen LogP contribution in [0, 0.1) is 11.8 Å². The molecule has 0 unspecified atom stereocenters. The van der Waals surface area contributed by atoms with Crippen molar-refractivity contribution in [1.29, 1.82) is 0 Å². The number of hydrogen-bond donors (Lipinski definition) is 3. The lowest BCUT2D eigenvalue weighted by Crippen LogP contribution is -2.44. The van der Waals surface area contributed by atoms with Crippen molar-refractivity contribution in [2.24, 2.45) is 11.8 Å². The van der Waals surface area contributed by atoms with Crippen molar-refractivity contribution < 1.29 is 10.2 Å². The molecule has 21 heavy (non-hydrogen) atoms. The molecule has 2 aliphatic rings. The third-order valence-corrected chi connectivity index (χ3v) is 5.38. The fourth-order valence-electron chi connectivity index (χ4n) is 4.21. The minimum Gasteiger partial charge on any atom is -0.390 e. The van der Waals surface area contributed by atoms with E-state index in [9.17, 15) is 10.2 Å². The van der Waals surface area contributed by atoms with Gasteiger partial charge in [0.2, 0.25) is 0 Å². The quantitative estimate of drug-likeness (QED) is 0.798. The second-order valence-electron chi connectivity index (χ2n) is 6.75. The van der Waals surface area contributed by atoms with Gasteiger partial charge >= 0.3 is 0 Å². The average molecular weight is 289 g/mol. The average Bonchev–Trinajstić information content (AvgIpc) is 2.82. The SMILES string of the molecule is O[C@H]1[C@H](NCc2ccccc2)[C@@H](C2CCCCC2)C[C@H]1O. The van der Waals surface area contributed by atoms with E-state index in [2.05, 4.69) is 17.4 Å². The lowest BCUT2D eigenvalue weighted by atomic mass is 9.77. The number of rotatable bonds is 4. The van der Waals surface area contributed by atoms with Gasteiger partial charge in [-0.2, -0.15) is 0 Å². The van der Waals surface area contributed by atoms with Gasteiger partial charge in [0, 0.05) is 12.6 Å². The van der Waals surface area contributed by atoms with Gasteiger partial charge in [0.25, 0.3) is 0 Å². The van der Waals surface area contributed by atoms with Crippen LogP contribution in [0.4, 0.5) is 0 Å². The van der Waals surface area contributed by atoms with Gasteiger partial charge in [-0.05, 0) is 23.8 Å². The van der Waals surface area contributed by atoms with Crippen LogP contribution in [0.1, 0.15) is 44.1 Å². The molecule has 0 aliphatic heterocycles. The van der Waals surface area contributed by atoms with Gasteiger partial charge in [-0.3, -0.25) is 0 Å². The van der Waals surface area contributed by atoms with Crippen molar-refractivity contribution >= 4 is 0 Å². The number of aliphatic hydroxyl groups excluding tert-OH is 2. The maximum atomic E-state index is 10.3. The first-order chi connectivity index (χ1) is 10.3. The zero-order valence-corrected chi connectivity index (χ0v) is 12.6. The van der Waals surface area contributed by atoms with E-state index in [1.807, 2.05) is 18.2 Å². The summed E-state index contributed by atoms with van der Waals surface area (Å²) in [5, 5.41) is 23.9. The van der Waals surface area contributed by atoms with Gasteiger partial charge in [-0.1, -0.05) is 62.4 Å². The molecule has 2 aliphatic carbocycles. The molecule has 0 heterocycles. The molecule has 2 saturated carbocycles. The summed E-state index contributed by atoms with van der Waals surface area (Å²) in [6, 6.07) is 10.3. The molecule has 1 aromatic rings. The first kappa shape index (κ1) is 15.0. The topological polar surface area (TPSA) is 52.5 Å². The normalized spacial score (nSPS) is 34.2. The number of nitrogens with one attached hydrogen (secondary N) is 1. The van der Waals surface area contributed by atoms with E-state index in [1.165, 1.54) is 37.7 Å². The van der Waals surface area contributed by atoms with E-state index in [0.29, 0.717) is 11.8 Å². The molecule has 0 aromatic heterocycles. The van der Waals surface area contributed by atoms with Crippen LogP contribution in [0.3, 0.4) is 0 Å². The number of benzene rings is 1. The van der Waals surface area contributed by atoms with Crippen LogP contribution in [0.2, 0.25) is 0 Å². The largest absolute Gasteiger partial charge is 0.390 e. The molecule has 0 spiro atoms. The van der Waals surface area contributed by atoms with E-state index in [-0.39, 0.29) is 6.04 Å². The van der Waals surface area contributed by atoms with Crippen molar-refractivity contribution in [3.63, 3.8) is 0 Å². The Bertz CT molecular complexity index is 430. The summed E-state index contributed by atoms with van der Waals surface area (Å²) in [7, 11) is 0. The van der Waals surface area contributed by atoms with E-state index >= 15 is 0 Å². The third kappa shape index (κ3) is 3.47. The van der Waals surface area contributed by atoms with E-state index in [4.69, 9.17) is 0 Å². The Morgan fingerprint density at radius 3 is 2.43 bits per heavy atom. The minimum absolute atomic E-state index is 0.0308. The highest BCUT2D eigenvalue weighted by Gasteiger charge is 2.44. The van der Waals surface area contributed by atoms with Crippen molar-refractivity contribution in [1.82, 2.24) is 5.32 Å². The van der Waals surface area contributed by atoms with Gasteiger partial charge in [0.05, 0.1) is 12.2 Å². The van der Waals surface area contributed by atoms with Crippen molar-refractivity contribution in [2.75, 3.05) is 0 Å². The van der Waals surface area contributed by atoms with Crippen LogP contribution in [0.5, 0.6) is 0 Å². The summed E-state index contributed by atoms with van der Waals surface area (Å²) < 4.78 is 0. The van der Waals surface area contributed by atoms with Crippen LogP contribution < -0.4 is 5.32 Å². The maximum Gasteiger partial charge on any atom is 0.0954 e. The molecule has 116 valence electrons. The first-order valence-electron chi connectivity index (χ1n) is 8.39. The molecule has 2 fully saturated rings. The molecule has 0 saturated heterocycles. The van der Waals surface area contributed by atoms with Gasteiger partial charge < -0.3 is 15.5 Å². The van der Waals surface area contributed by atoms with Crippen LogP contribution >= 0.6 is 0 Å². The van der Waals surface area contributed by atoms with Crippen molar-refractivity contribution in [2.45, 2.75) is 63.3 Å². The third-order valence-electron chi connectivity index (χ3n) is 5.38. The smallest absolute Gasteiger partial charge is 0.0954 e. The molecule has 3 N–H and O–H groups in total. The summed E-state index contributed by atoms with van der Waals surface area (Å²) in [5.41, 5.74) is 1.23. The fraction of sp³-hybridized carbons (Fsp3) is 0.667. The molecule has 0 amide bonds. The monoisotopic (exact) mass is 289 g/mol. The van der Waals surface area contributed by atoms with Gasteiger partial charge in [0.1, 0.15) is 0 Å². The predicted octanol–water partition coefficient (Wildman–Crippen LogP) is 2.47. The summed E-state index contributed by atoms with van der Waals surface area (Å²) in [5.74, 6) is 1.08. The van der Waals surface area contributed by atoms with Gasteiger partial charge in [-0.15, -0.1) is 0 Å². The van der Waals surface area contributed by atoms with Crippen molar-refractivity contribution in [3.05, 3.63) is 35.9 Å². The van der Waals surface area contributed by atoms with Crippen LogP contribution in [-0.2, 0) is 6.54 Å². The number of hydrogen-bond acceptors (Lipinski definition) is 3. The van der Waals surface area contributed by atoms with E-state index in [0.717, 1.165) is 13.0 Å². The molecule has 3 heteroatoms. The molecule has 0 radical (unpaired) electrons. The molecular formula is C18H27NO2. The lowest BCUT2D eigenvalue weighted by Gasteiger charge is -2.32. The van der Waals surface area contributed by atoms with E-state index in [1.54, 1.807) is 0 Å².